The summed E-state index contributed by atoms with van der Waals surface area (Å²) in [5, 5.41) is 22.1. The maximum Gasteiger partial charge on any atom is 0.245 e. The zero-order chi connectivity index (χ0) is 20.5. The Morgan fingerprint density at radius 2 is 1.12 bits per heavy atom. The van der Waals surface area contributed by atoms with Crippen molar-refractivity contribution in [3.05, 3.63) is 49.6 Å². The molecule has 0 aromatic carbocycles. The normalized spacial score (nSPS) is 12.4. The minimum absolute atomic E-state index is 0.464. The molecule has 0 radical (unpaired) electrons. The lowest BCUT2D eigenvalue weighted by atomic mass is 10.2. The van der Waals surface area contributed by atoms with Crippen LogP contribution in [0.1, 0.15) is 12.8 Å². The summed E-state index contributed by atoms with van der Waals surface area (Å²) in [6.45, 7) is 6.28. The number of unbranched alkanes of at least 4 members (excludes halogenated alkanes) is 1. The van der Waals surface area contributed by atoms with Crippen LogP contribution in [0, 0.1) is 0 Å². The van der Waals surface area contributed by atoms with Gasteiger partial charge in [-0.2, -0.15) is 0 Å². The second kappa shape index (κ2) is 15.3. The monoisotopic (exact) mass is 368 g/mol. The third-order valence-electron chi connectivity index (χ3n) is 2.31. The highest BCUT2D eigenvalue weighted by atomic mass is 16.4. The maximum absolute atomic E-state index is 10.6. The summed E-state index contributed by atoms with van der Waals surface area (Å²) in [7, 11) is 0. The van der Waals surface area contributed by atoms with Crippen LogP contribution in [0.5, 0.6) is 0 Å². The molecule has 0 aliphatic heterocycles. The molecule has 0 spiro atoms. The molecule has 0 aliphatic carbocycles. The van der Waals surface area contributed by atoms with Gasteiger partial charge in [0, 0.05) is 0 Å². The van der Waals surface area contributed by atoms with Gasteiger partial charge in [0.1, 0.15) is 0 Å². The molecule has 0 saturated carbocycles. The van der Waals surface area contributed by atoms with Gasteiger partial charge < -0.3 is 32.3 Å². The van der Waals surface area contributed by atoms with Gasteiger partial charge in [0.15, 0.2) is 12.5 Å². The Morgan fingerprint density at radius 1 is 0.808 bits per heavy atom. The molecule has 0 bridgehead atoms. The molecule has 2 unspecified atom stereocenters. The van der Waals surface area contributed by atoms with E-state index in [-0.39, 0.29) is 0 Å². The standard InChI is InChI=1S/C8H12N2O4.C8H12N2O2/c1-3-5(11)9-7(13)8(14)10-6(12)4-2;9-7(11)5-3-1-2-4-6-8(10)12/h3-4,7-8,13-14H,1-2H2,(H,9,11)(H,10,12);3-6H,1-2H2,(H2,9,11)(H2,10,12). The Labute approximate surface area is 150 Å². The average Bonchev–Trinajstić information content (AvgIpc) is 2.57. The predicted molar refractivity (Wildman–Crippen MR) is 94.6 cm³/mol. The van der Waals surface area contributed by atoms with Gasteiger partial charge in [0.25, 0.3) is 0 Å². The minimum atomic E-state index is -1.59. The van der Waals surface area contributed by atoms with Crippen LogP contribution in [0.4, 0.5) is 0 Å². The molecule has 2 atom stereocenters. The number of hydrogen-bond donors (Lipinski definition) is 6. The first-order valence-electron chi connectivity index (χ1n) is 7.28. The van der Waals surface area contributed by atoms with E-state index in [1.165, 1.54) is 12.2 Å². The fraction of sp³-hybridized carbons (Fsp3) is 0.250. The number of aliphatic hydroxyl groups excluding tert-OH is 2. The number of primary amides is 2. The van der Waals surface area contributed by atoms with E-state index in [2.05, 4.69) is 13.2 Å². The van der Waals surface area contributed by atoms with E-state index in [1.807, 2.05) is 10.6 Å². The number of amides is 4. The van der Waals surface area contributed by atoms with Crippen LogP contribution in [-0.2, 0) is 19.2 Å². The predicted octanol–water partition coefficient (Wildman–Crippen LogP) is -1.92. The van der Waals surface area contributed by atoms with Crippen molar-refractivity contribution >= 4 is 23.6 Å². The zero-order valence-electron chi connectivity index (χ0n) is 14.1. The lowest BCUT2D eigenvalue weighted by Gasteiger charge is -2.18. The van der Waals surface area contributed by atoms with Crippen molar-refractivity contribution in [3.63, 3.8) is 0 Å². The first-order chi connectivity index (χ1) is 12.1. The number of rotatable bonds is 10. The Morgan fingerprint density at radius 3 is 1.35 bits per heavy atom. The first-order valence-corrected chi connectivity index (χ1v) is 7.28. The highest BCUT2D eigenvalue weighted by Gasteiger charge is 2.17. The molecule has 0 aromatic heterocycles. The number of carbonyl (C=O) groups excluding carboxylic acids is 4. The number of carbonyl (C=O) groups is 4. The molecule has 8 N–H and O–H groups in total. The molecule has 26 heavy (non-hydrogen) atoms. The van der Waals surface area contributed by atoms with Crippen LogP contribution in [0.3, 0.4) is 0 Å². The molecule has 0 fully saturated rings. The van der Waals surface area contributed by atoms with Gasteiger partial charge in [-0.1, -0.05) is 25.3 Å². The van der Waals surface area contributed by atoms with E-state index in [4.69, 9.17) is 21.7 Å². The molecule has 10 heteroatoms. The van der Waals surface area contributed by atoms with E-state index >= 15 is 0 Å². The van der Waals surface area contributed by atoms with Crippen molar-refractivity contribution in [3.8, 4) is 0 Å². The van der Waals surface area contributed by atoms with Crippen molar-refractivity contribution in [1.82, 2.24) is 10.6 Å². The molecule has 10 nitrogen and oxygen atoms in total. The van der Waals surface area contributed by atoms with Crippen LogP contribution < -0.4 is 22.1 Å². The van der Waals surface area contributed by atoms with Crippen LogP contribution in [0.15, 0.2) is 49.6 Å². The number of nitrogens with two attached hydrogens (primary N) is 2. The number of allylic oxidation sites excluding steroid dienone is 2. The summed E-state index contributed by atoms with van der Waals surface area (Å²) in [5.41, 5.74) is 9.68. The summed E-state index contributed by atoms with van der Waals surface area (Å²) in [6.07, 6.45) is 5.88. The van der Waals surface area contributed by atoms with Crippen LogP contribution in [0.2, 0.25) is 0 Å². The molecular weight excluding hydrogens is 344 g/mol. The van der Waals surface area contributed by atoms with E-state index < -0.39 is 36.1 Å². The molecule has 0 aromatic rings. The smallest absolute Gasteiger partial charge is 0.245 e. The minimum Gasteiger partial charge on any atom is -0.369 e. The first kappa shape index (κ1) is 25.0. The largest absolute Gasteiger partial charge is 0.369 e. The average molecular weight is 368 g/mol. The van der Waals surface area contributed by atoms with Crippen LogP contribution in [0.25, 0.3) is 0 Å². The van der Waals surface area contributed by atoms with Gasteiger partial charge in [-0.15, -0.1) is 0 Å². The fourth-order valence-corrected chi connectivity index (χ4v) is 1.16. The van der Waals surface area contributed by atoms with Crippen molar-refractivity contribution < 1.29 is 29.4 Å². The Hall–Kier alpha value is -3.24. The molecule has 0 saturated heterocycles. The second-order valence-electron chi connectivity index (χ2n) is 4.50. The Bertz CT molecular complexity index is 521. The van der Waals surface area contributed by atoms with E-state index in [1.54, 1.807) is 12.2 Å². The number of aliphatic hydroxyl groups is 2. The van der Waals surface area contributed by atoms with Gasteiger partial charge >= 0.3 is 0 Å². The van der Waals surface area contributed by atoms with Crippen molar-refractivity contribution in [2.45, 2.75) is 25.3 Å². The van der Waals surface area contributed by atoms with Crippen molar-refractivity contribution in [2.24, 2.45) is 11.5 Å². The quantitative estimate of drug-likeness (QED) is 0.148. The lowest BCUT2D eigenvalue weighted by Crippen LogP contribution is -2.51. The van der Waals surface area contributed by atoms with E-state index in [0.717, 1.165) is 12.2 Å². The van der Waals surface area contributed by atoms with Gasteiger partial charge in [-0.3, -0.25) is 19.2 Å². The van der Waals surface area contributed by atoms with E-state index in [9.17, 15) is 19.2 Å². The third kappa shape index (κ3) is 17.1. The summed E-state index contributed by atoms with van der Waals surface area (Å²) in [4.78, 5) is 41.7. The summed E-state index contributed by atoms with van der Waals surface area (Å²) >= 11 is 0. The molecule has 0 rings (SSSR count). The molecule has 4 amide bonds. The van der Waals surface area contributed by atoms with Gasteiger partial charge in [0.2, 0.25) is 23.6 Å². The maximum atomic E-state index is 10.6. The van der Waals surface area contributed by atoms with E-state index in [0.29, 0.717) is 12.8 Å². The van der Waals surface area contributed by atoms with Gasteiger partial charge in [0.05, 0.1) is 0 Å². The zero-order valence-corrected chi connectivity index (χ0v) is 14.1. The summed E-state index contributed by atoms with van der Waals surface area (Å²) in [6, 6.07) is 0. The molecular formula is C16H24N4O6. The summed E-state index contributed by atoms with van der Waals surface area (Å²) < 4.78 is 0. The number of nitrogens with one attached hydrogen (secondary N) is 2. The van der Waals surface area contributed by atoms with Crippen molar-refractivity contribution in [2.75, 3.05) is 0 Å². The molecule has 0 aliphatic rings. The lowest BCUT2D eigenvalue weighted by molar-refractivity contribution is -0.128. The fourth-order valence-electron chi connectivity index (χ4n) is 1.16. The topological polar surface area (TPSA) is 185 Å². The number of hydrogen-bond acceptors (Lipinski definition) is 6. The van der Waals surface area contributed by atoms with Crippen LogP contribution >= 0.6 is 0 Å². The highest BCUT2D eigenvalue weighted by molar-refractivity contribution is 5.88. The molecule has 144 valence electrons. The third-order valence-corrected chi connectivity index (χ3v) is 2.31. The second-order valence-corrected chi connectivity index (χ2v) is 4.50. The highest BCUT2D eigenvalue weighted by Crippen LogP contribution is 1.91. The van der Waals surface area contributed by atoms with Gasteiger partial charge in [-0.25, -0.2) is 0 Å². The van der Waals surface area contributed by atoms with Crippen LogP contribution in [-0.4, -0.2) is 46.3 Å². The SMILES string of the molecule is C=CC(=O)NC(O)C(O)NC(=O)C=C.NC(=O)C=CCCC=CC(N)=O. The Balaban J connectivity index is 0. The molecule has 0 heterocycles. The Kier molecular flexibility index (Phi) is 14.7. The summed E-state index contributed by atoms with van der Waals surface area (Å²) in [5.74, 6) is -2.25. The van der Waals surface area contributed by atoms with Crippen molar-refractivity contribution in [1.29, 1.82) is 0 Å². The van der Waals surface area contributed by atoms with Gasteiger partial charge in [-0.05, 0) is 37.1 Å².